The van der Waals surface area contributed by atoms with Crippen LogP contribution in [0, 0.1) is 0 Å². The van der Waals surface area contributed by atoms with Crippen LogP contribution in [0.1, 0.15) is 0 Å². The number of rotatable bonds is 0. The topological polar surface area (TPSA) is 18.5 Å². The standard InChI is InChI=1S/C3H6O2.In.H/c1-5-3-2-4;;/h1-3H2;;/q-1;+1;. The molecule has 1 fully saturated rings. The van der Waals surface area contributed by atoms with Gasteiger partial charge in [-0.25, -0.2) is 0 Å². The van der Waals surface area contributed by atoms with Gasteiger partial charge in [-0.2, -0.15) is 0 Å². The molecule has 0 aliphatic carbocycles. The molecule has 6 heavy (non-hydrogen) atoms. The van der Waals surface area contributed by atoms with Crippen molar-refractivity contribution in [3.8, 4) is 0 Å². The SMILES string of the molecule is C1C[O][InH][CH2]O1. The van der Waals surface area contributed by atoms with Crippen molar-refractivity contribution in [2.75, 3.05) is 17.6 Å². The molecule has 3 heteroatoms. The molecule has 0 aromatic heterocycles. The molecule has 1 heterocycles. The van der Waals surface area contributed by atoms with Crippen molar-refractivity contribution < 1.29 is 7.59 Å². The third kappa shape index (κ3) is 1.49. The second-order valence-corrected chi connectivity index (χ2v) is 4.72. The van der Waals surface area contributed by atoms with Gasteiger partial charge in [-0.1, -0.05) is 0 Å². The van der Waals surface area contributed by atoms with Crippen LogP contribution in [0.4, 0.5) is 0 Å². The third-order valence-electron chi connectivity index (χ3n) is 0.744. The molecule has 0 unspecified atom stereocenters. The molecule has 2 nitrogen and oxygen atoms in total. The van der Waals surface area contributed by atoms with Gasteiger partial charge < -0.3 is 0 Å². The van der Waals surface area contributed by atoms with Gasteiger partial charge in [0.25, 0.3) is 0 Å². The van der Waals surface area contributed by atoms with Gasteiger partial charge in [0.15, 0.2) is 0 Å². The average Bonchev–Trinajstić information content (AvgIpc) is 1.72. The van der Waals surface area contributed by atoms with E-state index in [4.69, 9.17) is 7.59 Å². The van der Waals surface area contributed by atoms with Crippen LogP contribution in [-0.4, -0.2) is 40.9 Å². The van der Waals surface area contributed by atoms with E-state index in [2.05, 4.69) is 0 Å². The van der Waals surface area contributed by atoms with E-state index in [0.29, 0.717) is 0 Å². The molecule has 1 aliphatic rings. The molecule has 34 valence electrons. The van der Waals surface area contributed by atoms with E-state index in [1.54, 1.807) is 0 Å². The zero-order valence-corrected chi connectivity index (χ0v) is 7.68. The average molecular weight is 190 g/mol. The molecule has 0 aromatic carbocycles. The summed E-state index contributed by atoms with van der Waals surface area (Å²) in [4.78, 5) is 0. The van der Waals surface area contributed by atoms with Gasteiger partial charge in [-0.15, -0.1) is 0 Å². The van der Waals surface area contributed by atoms with E-state index in [9.17, 15) is 0 Å². The van der Waals surface area contributed by atoms with Crippen molar-refractivity contribution in [2.24, 2.45) is 0 Å². The van der Waals surface area contributed by atoms with Crippen molar-refractivity contribution in [3.05, 3.63) is 0 Å². The molecule has 0 amide bonds. The van der Waals surface area contributed by atoms with E-state index in [1.165, 1.54) is 0 Å². The molecule has 0 atom stereocenters. The first-order valence-corrected chi connectivity index (χ1v) is 6.66. The van der Waals surface area contributed by atoms with Gasteiger partial charge in [-0.3, -0.25) is 0 Å². The molecule has 1 aliphatic heterocycles. The van der Waals surface area contributed by atoms with E-state index >= 15 is 0 Å². The van der Waals surface area contributed by atoms with Crippen LogP contribution in [0.2, 0.25) is 0 Å². The first-order chi connectivity index (χ1) is 3.00. The first kappa shape index (κ1) is 4.94. The van der Waals surface area contributed by atoms with Crippen molar-refractivity contribution in [2.45, 2.75) is 0 Å². The first-order valence-electron chi connectivity index (χ1n) is 2.15. The van der Waals surface area contributed by atoms with Gasteiger partial charge in [0, 0.05) is 0 Å². The zero-order chi connectivity index (χ0) is 4.24. The van der Waals surface area contributed by atoms with Gasteiger partial charge in [0.1, 0.15) is 0 Å². The minimum absolute atomic E-state index is 0.721. The Balaban J connectivity index is 2.00. The maximum absolute atomic E-state index is 5.15. The summed E-state index contributed by atoms with van der Waals surface area (Å²) >= 11 is -0.721. The molecule has 0 saturated carbocycles. The quantitative estimate of drug-likeness (QED) is 0.504. The zero-order valence-electron chi connectivity index (χ0n) is 3.64. The Labute approximate surface area is 48.8 Å². The summed E-state index contributed by atoms with van der Waals surface area (Å²) in [6.07, 6.45) is 0. The van der Waals surface area contributed by atoms with Crippen molar-refractivity contribution >= 4 is 23.3 Å². The molecule has 1 rings (SSSR count). The number of hydrogen-bond acceptors (Lipinski definition) is 2. The Morgan fingerprint density at radius 3 is 2.50 bits per heavy atom. The van der Waals surface area contributed by atoms with E-state index in [-0.39, 0.29) is 0 Å². The Hall–Kier alpha value is 0.790. The molecule has 0 spiro atoms. The summed E-state index contributed by atoms with van der Waals surface area (Å²) in [6.45, 7) is 1.70. The number of ether oxygens (including phenoxy) is 1. The van der Waals surface area contributed by atoms with Crippen LogP contribution < -0.4 is 0 Å². The third-order valence-corrected chi connectivity index (χ3v) is 3.69. The summed E-state index contributed by atoms with van der Waals surface area (Å²) in [7, 11) is 0. The maximum atomic E-state index is 5.15. The molecule has 1 saturated heterocycles. The van der Waals surface area contributed by atoms with Crippen LogP contribution >= 0.6 is 0 Å². The van der Waals surface area contributed by atoms with Crippen LogP contribution in [0.5, 0.6) is 0 Å². The normalized spacial score (nSPS) is 22.7. The fourth-order valence-electron chi connectivity index (χ4n) is 0.440. The molecule has 0 radical (unpaired) electrons. The Bertz CT molecular complexity index is 24.3. The summed E-state index contributed by atoms with van der Waals surface area (Å²) in [5, 5.41) is 0. The Morgan fingerprint density at radius 1 is 1.33 bits per heavy atom. The van der Waals surface area contributed by atoms with Gasteiger partial charge in [0.2, 0.25) is 0 Å². The van der Waals surface area contributed by atoms with Gasteiger partial charge in [-0.05, 0) is 0 Å². The molecule has 0 aromatic rings. The van der Waals surface area contributed by atoms with Crippen LogP contribution in [0.25, 0.3) is 0 Å². The Morgan fingerprint density at radius 2 is 2.33 bits per heavy atom. The van der Waals surface area contributed by atoms with Crippen LogP contribution in [-0.2, 0) is 7.59 Å². The predicted molar refractivity (Wildman–Crippen MR) is 23.9 cm³/mol. The van der Waals surface area contributed by atoms with Gasteiger partial charge in [0.05, 0.1) is 0 Å². The van der Waals surface area contributed by atoms with Gasteiger partial charge >= 0.3 is 48.5 Å². The second-order valence-electron chi connectivity index (χ2n) is 1.22. The fraction of sp³-hybridized carbons (Fsp3) is 1.00. The summed E-state index contributed by atoms with van der Waals surface area (Å²) < 4.78 is 11.2. The van der Waals surface area contributed by atoms with E-state index in [1.807, 2.05) is 0 Å². The summed E-state index contributed by atoms with van der Waals surface area (Å²) in [5.74, 6) is 0. The van der Waals surface area contributed by atoms with Crippen molar-refractivity contribution in [1.29, 1.82) is 0 Å². The van der Waals surface area contributed by atoms with E-state index < -0.39 is 23.3 Å². The Kier molecular flexibility index (Phi) is 2.37. The second kappa shape index (κ2) is 2.88. The van der Waals surface area contributed by atoms with Crippen LogP contribution in [0.3, 0.4) is 0 Å². The van der Waals surface area contributed by atoms with Crippen molar-refractivity contribution in [3.63, 3.8) is 0 Å². The van der Waals surface area contributed by atoms with Crippen LogP contribution in [0.15, 0.2) is 0 Å². The monoisotopic (exact) mass is 190 g/mol. The fourth-order valence-corrected chi connectivity index (χ4v) is 2.61. The minimum atomic E-state index is -0.721. The molecular formula is C3H7InO2. The molecule has 0 bridgehead atoms. The molecular weight excluding hydrogens is 183 g/mol. The molecule has 0 N–H and O–H groups in total. The summed E-state index contributed by atoms with van der Waals surface area (Å²) in [6, 6.07) is 0. The summed E-state index contributed by atoms with van der Waals surface area (Å²) in [5.41, 5.74) is 0. The number of hydrogen-bond donors (Lipinski definition) is 0. The van der Waals surface area contributed by atoms with E-state index in [0.717, 1.165) is 17.6 Å². The van der Waals surface area contributed by atoms with Crippen molar-refractivity contribution in [1.82, 2.24) is 0 Å². The predicted octanol–water partition coefficient (Wildman–Crippen LogP) is -0.658.